The normalized spacial score (nSPS) is 25.2. The Kier molecular flexibility index (Phi) is 2.99. The van der Waals surface area contributed by atoms with Crippen LogP contribution >= 0.6 is 0 Å². The van der Waals surface area contributed by atoms with Gasteiger partial charge < -0.3 is 10.1 Å². The molecule has 1 saturated carbocycles. The summed E-state index contributed by atoms with van der Waals surface area (Å²) in [6, 6.07) is 0. The third-order valence-electron chi connectivity index (χ3n) is 3.79. The van der Waals surface area contributed by atoms with Crippen molar-refractivity contribution < 1.29 is 9.53 Å². The first-order valence-electron chi connectivity index (χ1n) is 6.34. The molecule has 92 valence electrons. The molecule has 1 aliphatic heterocycles. The quantitative estimate of drug-likeness (QED) is 0.695. The van der Waals surface area contributed by atoms with Crippen molar-refractivity contribution in [1.29, 1.82) is 0 Å². The summed E-state index contributed by atoms with van der Waals surface area (Å²) in [5.74, 6) is 0.153. The fourth-order valence-electron chi connectivity index (χ4n) is 2.68. The molecule has 1 aliphatic carbocycles. The van der Waals surface area contributed by atoms with E-state index in [4.69, 9.17) is 4.74 Å². The lowest BCUT2D eigenvalue weighted by Gasteiger charge is -2.47. The van der Waals surface area contributed by atoms with E-state index in [1.807, 2.05) is 20.8 Å². The van der Waals surface area contributed by atoms with E-state index < -0.39 is 0 Å². The Labute approximate surface area is 97.9 Å². The fraction of sp³-hybridized carbons (Fsp3) is 0.923. The maximum atomic E-state index is 11.9. The van der Waals surface area contributed by atoms with Crippen LogP contribution in [0.2, 0.25) is 0 Å². The van der Waals surface area contributed by atoms with E-state index in [0.29, 0.717) is 5.41 Å². The van der Waals surface area contributed by atoms with Gasteiger partial charge in [0.15, 0.2) is 0 Å². The highest BCUT2D eigenvalue weighted by atomic mass is 16.6. The van der Waals surface area contributed by atoms with Gasteiger partial charge in [0, 0.05) is 13.1 Å². The molecule has 0 atom stereocenters. The standard InChI is InChI=1S/C13H23NO2/c1-12(2,3)16-11(15)10-4-6-13(7-5-10)8-14-9-13/h10,14H,4-9H2,1-3H3. The maximum Gasteiger partial charge on any atom is 0.309 e. The highest BCUT2D eigenvalue weighted by Gasteiger charge is 2.42. The zero-order chi connectivity index (χ0) is 11.8. The highest BCUT2D eigenvalue weighted by Crippen LogP contribution is 2.42. The van der Waals surface area contributed by atoms with Crippen molar-refractivity contribution >= 4 is 5.97 Å². The molecule has 1 saturated heterocycles. The lowest BCUT2D eigenvalue weighted by molar-refractivity contribution is -0.162. The van der Waals surface area contributed by atoms with Gasteiger partial charge in [-0.3, -0.25) is 4.79 Å². The molecule has 0 amide bonds. The van der Waals surface area contributed by atoms with Crippen molar-refractivity contribution in [1.82, 2.24) is 5.32 Å². The van der Waals surface area contributed by atoms with Crippen LogP contribution in [0.3, 0.4) is 0 Å². The van der Waals surface area contributed by atoms with E-state index in [2.05, 4.69) is 5.32 Å². The summed E-state index contributed by atoms with van der Waals surface area (Å²) in [6.45, 7) is 8.10. The minimum Gasteiger partial charge on any atom is -0.460 e. The van der Waals surface area contributed by atoms with Crippen LogP contribution in [-0.2, 0) is 9.53 Å². The smallest absolute Gasteiger partial charge is 0.309 e. The van der Waals surface area contributed by atoms with Crippen molar-refractivity contribution in [2.24, 2.45) is 11.3 Å². The molecular weight excluding hydrogens is 202 g/mol. The van der Waals surface area contributed by atoms with E-state index in [1.54, 1.807) is 0 Å². The van der Waals surface area contributed by atoms with Crippen LogP contribution < -0.4 is 5.32 Å². The van der Waals surface area contributed by atoms with Gasteiger partial charge in [-0.15, -0.1) is 0 Å². The molecule has 3 heteroatoms. The van der Waals surface area contributed by atoms with Crippen LogP contribution in [0.4, 0.5) is 0 Å². The van der Waals surface area contributed by atoms with E-state index in [0.717, 1.165) is 25.9 Å². The zero-order valence-corrected chi connectivity index (χ0v) is 10.6. The monoisotopic (exact) mass is 225 g/mol. The number of nitrogens with one attached hydrogen (secondary N) is 1. The number of carbonyl (C=O) groups excluding carboxylic acids is 1. The lowest BCUT2D eigenvalue weighted by atomic mass is 9.67. The zero-order valence-electron chi connectivity index (χ0n) is 10.6. The second kappa shape index (κ2) is 4.02. The minimum atomic E-state index is -0.343. The summed E-state index contributed by atoms with van der Waals surface area (Å²) in [5.41, 5.74) is 0.183. The van der Waals surface area contributed by atoms with Crippen LogP contribution in [0.1, 0.15) is 46.5 Å². The third kappa shape index (κ3) is 2.57. The second-order valence-electron chi connectivity index (χ2n) is 6.41. The molecular formula is C13H23NO2. The van der Waals surface area contributed by atoms with Gasteiger partial charge in [0.05, 0.1) is 5.92 Å². The molecule has 16 heavy (non-hydrogen) atoms. The predicted molar refractivity (Wildman–Crippen MR) is 63.1 cm³/mol. The number of carbonyl (C=O) groups is 1. The van der Waals surface area contributed by atoms with Crippen molar-refractivity contribution in [3.63, 3.8) is 0 Å². The van der Waals surface area contributed by atoms with Gasteiger partial charge >= 0.3 is 5.97 Å². The molecule has 3 nitrogen and oxygen atoms in total. The Balaban J connectivity index is 1.82. The van der Waals surface area contributed by atoms with E-state index in [1.165, 1.54) is 12.8 Å². The summed E-state index contributed by atoms with van der Waals surface area (Å²) >= 11 is 0. The number of hydrogen-bond acceptors (Lipinski definition) is 3. The summed E-state index contributed by atoms with van der Waals surface area (Å²) in [6.07, 6.45) is 4.39. The largest absolute Gasteiger partial charge is 0.460 e. The first kappa shape index (κ1) is 11.9. The van der Waals surface area contributed by atoms with Gasteiger partial charge in [-0.1, -0.05) is 0 Å². The lowest BCUT2D eigenvalue weighted by Crippen LogP contribution is -2.55. The van der Waals surface area contributed by atoms with Crippen LogP contribution in [0.15, 0.2) is 0 Å². The maximum absolute atomic E-state index is 11.9. The Morgan fingerprint density at radius 2 is 1.81 bits per heavy atom. The van der Waals surface area contributed by atoms with Crippen molar-refractivity contribution in [3.8, 4) is 0 Å². The molecule has 1 N–H and O–H groups in total. The molecule has 0 aromatic carbocycles. The fourth-order valence-corrected chi connectivity index (χ4v) is 2.68. The summed E-state index contributed by atoms with van der Waals surface area (Å²) < 4.78 is 5.44. The first-order chi connectivity index (χ1) is 7.40. The third-order valence-corrected chi connectivity index (χ3v) is 3.79. The number of hydrogen-bond donors (Lipinski definition) is 1. The summed E-state index contributed by atoms with van der Waals surface area (Å²) in [7, 11) is 0. The van der Waals surface area contributed by atoms with Gasteiger partial charge in [-0.25, -0.2) is 0 Å². The van der Waals surface area contributed by atoms with Gasteiger partial charge in [0.2, 0.25) is 0 Å². The summed E-state index contributed by atoms with van der Waals surface area (Å²) in [4.78, 5) is 11.9. The number of ether oxygens (including phenoxy) is 1. The Morgan fingerprint density at radius 3 is 2.19 bits per heavy atom. The molecule has 0 unspecified atom stereocenters. The van der Waals surface area contributed by atoms with Gasteiger partial charge in [0.25, 0.3) is 0 Å². The minimum absolute atomic E-state index is 0.00892. The molecule has 2 fully saturated rings. The Morgan fingerprint density at radius 1 is 1.25 bits per heavy atom. The predicted octanol–water partition coefficient (Wildman–Crippen LogP) is 2.11. The van der Waals surface area contributed by atoms with Gasteiger partial charge in [-0.05, 0) is 51.9 Å². The van der Waals surface area contributed by atoms with Crippen LogP contribution in [0.5, 0.6) is 0 Å². The number of rotatable bonds is 1. The van der Waals surface area contributed by atoms with Crippen molar-refractivity contribution in [2.45, 2.75) is 52.1 Å². The van der Waals surface area contributed by atoms with Crippen molar-refractivity contribution in [2.75, 3.05) is 13.1 Å². The van der Waals surface area contributed by atoms with E-state index in [-0.39, 0.29) is 17.5 Å². The number of esters is 1. The molecule has 1 heterocycles. The molecule has 0 aromatic heterocycles. The molecule has 0 radical (unpaired) electrons. The second-order valence-corrected chi connectivity index (χ2v) is 6.41. The molecule has 1 spiro atoms. The molecule has 2 rings (SSSR count). The summed E-state index contributed by atoms with van der Waals surface area (Å²) in [5, 5.41) is 3.34. The SMILES string of the molecule is CC(C)(C)OC(=O)C1CCC2(CC1)CNC2. The first-order valence-corrected chi connectivity index (χ1v) is 6.34. The van der Waals surface area contributed by atoms with Gasteiger partial charge in [0.1, 0.15) is 5.60 Å². The van der Waals surface area contributed by atoms with E-state index >= 15 is 0 Å². The average molecular weight is 225 g/mol. The van der Waals surface area contributed by atoms with Gasteiger partial charge in [-0.2, -0.15) is 0 Å². The average Bonchev–Trinajstić information content (AvgIpc) is 2.13. The van der Waals surface area contributed by atoms with Crippen LogP contribution in [0, 0.1) is 11.3 Å². The Hall–Kier alpha value is -0.570. The molecule has 2 aliphatic rings. The Bertz CT molecular complexity index is 266. The van der Waals surface area contributed by atoms with Crippen molar-refractivity contribution in [3.05, 3.63) is 0 Å². The topological polar surface area (TPSA) is 38.3 Å². The van der Waals surface area contributed by atoms with Crippen LogP contribution in [-0.4, -0.2) is 24.7 Å². The molecule has 0 bridgehead atoms. The van der Waals surface area contributed by atoms with E-state index in [9.17, 15) is 4.79 Å². The molecule has 0 aromatic rings. The van der Waals surface area contributed by atoms with Crippen LogP contribution in [0.25, 0.3) is 0 Å². The highest BCUT2D eigenvalue weighted by molar-refractivity contribution is 5.73.